The minimum Gasteiger partial charge on any atom is -0.385 e. The molecule has 0 atom stereocenters. The number of amides is 1. The first kappa shape index (κ1) is 22.4. The lowest BCUT2D eigenvalue weighted by molar-refractivity contribution is -0.137. The van der Waals surface area contributed by atoms with Gasteiger partial charge in [-0.3, -0.25) is 9.78 Å². The predicted molar refractivity (Wildman–Crippen MR) is 120 cm³/mol. The van der Waals surface area contributed by atoms with Crippen molar-refractivity contribution >= 4 is 34.1 Å². The standard InChI is InChI=1S/C24H23ClF3N3O/c25-21-9-5-17(24(26,27)28)13-20(21)23(32)31-18-6-3-15(4-7-18)14-30-19-8-10-22-16(12-19)2-1-11-29-22/h1-2,5,8-13,15,18,30H,3-4,6-7,14H2,(H,31,32)/t15-,18-. The Morgan fingerprint density at radius 3 is 2.59 bits per heavy atom. The van der Waals surface area contributed by atoms with Crippen LogP contribution in [0.5, 0.6) is 0 Å². The van der Waals surface area contributed by atoms with Gasteiger partial charge in [0.15, 0.2) is 0 Å². The molecule has 32 heavy (non-hydrogen) atoms. The Labute approximate surface area is 189 Å². The zero-order valence-electron chi connectivity index (χ0n) is 17.3. The molecule has 1 aromatic heterocycles. The smallest absolute Gasteiger partial charge is 0.385 e. The van der Waals surface area contributed by atoms with Crippen LogP contribution in [0.25, 0.3) is 10.9 Å². The van der Waals surface area contributed by atoms with Crippen molar-refractivity contribution in [3.63, 3.8) is 0 Å². The number of rotatable bonds is 5. The minimum atomic E-state index is -4.52. The van der Waals surface area contributed by atoms with Gasteiger partial charge in [0.2, 0.25) is 0 Å². The fourth-order valence-corrected chi connectivity index (χ4v) is 4.30. The Morgan fingerprint density at radius 1 is 1.06 bits per heavy atom. The molecule has 4 rings (SSSR count). The van der Waals surface area contributed by atoms with Crippen LogP contribution in [0, 0.1) is 5.92 Å². The minimum absolute atomic E-state index is 0.0129. The van der Waals surface area contributed by atoms with E-state index in [1.165, 1.54) is 0 Å². The summed E-state index contributed by atoms with van der Waals surface area (Å²) in [4.78, 5) is 16.9. The lowest BCUT2D eigenvalue weighted by Gasteiger charge is -2.29. The molecule has 168 valence electrons. The number of halogens is 4. The first-order valence-electron chi connectivity index (χ1n) is 10.6. The van der Waals surface area contributed by atoms with Gasteiger partial charge in [-0.1, -0.05) is 17.7 Å². The van der Waals surface area contributed by atoms with Gasteiger partial charge in [-0.2, -0.15) is 13.2 Å². The van der Waals surface area contributed by atoms with E-state index in [0.29, 0.717) is 5.92 Å². The number of hydrogen-bond acceptors (Lipinski definition) is 3. The normalized spacial score (nSPS) is 19.0. The number of fused-ring (bicyclic) bond motifs is 1. The molecule has 8 heteroatoms. The Morgan fingerprint density at radius 2 is 1.84 bits per heavy atom. The van der Waals surface area contributed by atoms with Crippen molar-refractivity contribution in [1.82, 2.24) is 10.3 Å². The largest absolute Gasteiger partial charge is 0.416 e. The number of nitrogens with one attached hydrogen (secondary N) is 2. The summed E-state index contributed by atoms with van der Waals surface area (Å²) in [6, 6.07) is 12.7. The number of benzene rings is 2. The van der Waals surface area contributed by atoms with Crippen LogP contribution in [-0.2, 0) is 6.18 Å². The Kier molecular flexibility index (Phi) is 6.55. The Balaban J connectivity index is 1.29. The molecular weight excluding hydrogens is 439 g/mol. The number of alkyl halides is 3. The summed E-state index contributed by atoms with van der Waals surface area (Å²) in [6.45, 7) is 0.825. The molecule has 0 spiro atoms. The van der Waals surface area contributed by atoms with E-state index in [0.717, 1.165) is 67.0 Å². The fraction of sp³-hybridized carbons (Fsp3) is 0.333. The van der Waals surface area contributed by atoms with Gasteiger partial charge in [0.05, 0.1) is 21.7 Å². The van der Waals surface area contributed by atoms with Gasteiger partial charge >= 0.3 is 6.18 Å². The molecule has 3 aromatic rings. The molecule has 0 radical (unpaired) electrons. The number of hydrogen-bond donors (Lipinski definition) is 2. The average molecular weight is 462 g/mol. The van der Waals surface area contributed by atoms with Crippen molar-refractivity contribution in [3.05, 3.63) is 70.9 Å². The third kappa shape index (κ3) is 5.33. The molecule has 1 heterocycles. The summed E-state index contributed by atoms with van der Waals surface area (Å²) in [5.74, 6) is -0.0997. The molecule has 1 fully saturated rings. The van der Waals surface area contributed by atoms with Gasteiger partial charge < -0.3 is 10.6 Å². The summed E-state index contributed by atoms with van der Waals surface area (Å²) in [5, 5.41) is 7.42. The second kappa shape index (κ2) is 9.36. The maximum atomic E-state index is 13.0. The van der Waals surface area contributed by atoms with E-state index >= 15 is 0 Å². The lowest BCUT2D eigenvalue weighted by atomic mass is 9.86. The molecule has 0 unspecified atom stereocenters. The van der Waals surface area contributed by atoms with Crippen LogP contribution in [0.15, 0.2) is 54.7 Å². The topological polar surface area (TPSA) is 54.0 Å². The first-order chi connectivity index (χ1) is 15.3. The van der Waals surface area contributed by atoms with E-state index in [4.69, 9.17) is 11.6 Å². The number of pyridine rings is 1. The van der Waals surface area contributed by atoms with E-state index in [2.05, 4.69) is 21.7 Å². The van der Waals surface area contributed by atoms with Crippen LogP contribution in [0.4, 0.5) is 18.9 Å². The highest BCUT2D eigenvalue weighted by atomic mass is 35.5. The van der Waals surface area contributed by atoms with Gasteiger partial charge in [-0.05, 0) is 74.1 Å². The van der Waals surface area contributed by atoms with Gasteiger partial charge in [0, 0.05) is 29.9 Å². The highest BCUT2D eigenvalue weighted by molar-refractivity contribution is 6.33. The Bertz CT molecular complexity index is 1110. The van der Waals surface area contributed by atoms with Crippen molar-refractivity contribution in [2.75, 3.05) is 11.9 Å². The quantitative estimate of drug-likeness (QED) is 0.468. The highest BCUT2D eigenvalue weighted by Crippen LogP contribution is 2.32. The third-order valence-electron chi connectivity index (χ3n) is 5.92. The van der Waals surface area contributed by atoms with Gasteiger partial charge in [0.1, 0.15) is 0 Å². The SMILES string of the molecule is O=C(N[C@H]1CC[C@H](CNc2ccc3ncccc3c2)CC1)c1cc(C(F)(F)F)ccc1Cl. The summed E-state index contributed by atoms with van der Waals surface area (Å²) in [6.07, 6.45) is 0.638. The molecule has 4 nitrogen and oxygen atoms in total. The van der Waals surface area contributed by atoms with Gasteiger partial charge in [-0.15, -0.1) is 0 Å². The van der Waals surface area contributed by atoms with Crippen LogP contribution < -0.4 is 10.6 Å². The summed E-state index contributed by atoms with van der Waals surface area (Å²) in [7, 11) is 0. The van der Waals surface area contributed by atoms with Crippen LogP contribution >= 0.6 is 11.6 Å². The fourth-order valence-electron chi connectivity index (χ4n) is 4.10. The molecule has 0 saturated heterocycles. The predicted octanol–water partition coefficient (Wildman–Crippen LogP) is 6.31. The van der Waals surface area contributed by atoms with Crippen molar-refractivity contribution in [3.8, 4) is 0 Å². The molecular formula is C24H23ClF3N3O. The maximum absolute atomic E-state index is 13.0. The third-order valence-corrected chi connectivity index (χ3v) is 6.25. The van der Waals surface area contributed by atoms with Crippen molar-refractivity contribution < 1.29 is 18.0 Å². The molecule has 2 aromatic carbocycles. The van der Waals surface area contributed by atoms with Crippen LogP contribution in [-0.4, -0.2) is 23.5 Å². The monoisotopic (exact) mass is 461 g/mol. The number of aromatic nitrogens is 1. The van der Waals surface area contributed by atoms with Crippen LogP contribution in [0.2, 0.25) is 5.02 Å². The van der Waals surface area contributed by atoms with E-state index in [1.807, 2.05) is 24.3 Å². The zero-order chi connectivity index (χ0) is 22.7. The van der Waals surface area contributed by atoms with E-state index < -0.39 is 17.6 Å². The van der Waals surface area contributed by atoms with Gasteiger partial charge in [0.25, 0.3) is 5.91 Å². The lowest BCUT2D eigenvalue weighted by Crippen LogP contribution is -2.38. The molecule has 1 aliphatic rings. The van der Waals surface area contributed by atoms with E-state index in [9.17, 15) is 18.0 Å². The summed E-state index contributed by atoms with van der Waals surface area (Å²) >= 11 is 5.98. The van der Waals surface area contributed by atoms with Crippen molar-refractivity contribution in [2.24, 2.45) is 5.92 Å². The van der Waals surface area contributed by atoms with Crippen LogP contribution in [0.1, 0.15) is 41.6 Å². The zero-order valence-corrected chi connectivity index (χ0v) is 18.0. The maximum Gasteiger partial charge on any atom is 0.416 e. The van der Waals surface area contributed by atoms with E-state index in [1.54, 1.807) is 6.20 Å². The number of carbonyl (C=O) groups is 1. The highest BCUT2D eigenvalue weighted by Gasteiger charge is 2.32. The average Bonchev–Trinajstić information content (AvgIpc) is 2.78. The second-order valence-electron chi connectivity index (χ2n) is 8.18. The molecule has 1 saturated carbocycles. The molecule has 0 bridgehead atoms. The van der Waals surface area contributed by atoms with Gasteiger partial charge in [-0.25, -0.2) is 0 Å². The summed E-state index contributed by atoms with van der Waals surface area (Å²) < 4.78 is 38.9. The van der Waals surface area contributed by atoms with Crippen molar-refractivity contribution in [2.45, 2.75) is 37.9 Å². The summed E-state index contributed by atoms with van der Waals surface area (Å²) in [5.41, 5.74) is 0.970. The molecule has 0 aliphatic heterocycles. The molecule has 1 amide bonds. The first-order valence-corrected chi connectivity index (χ1v) is 10.9. The number of anilines is 1. The number of nitrogens with zero attached hydrogens (tertiary/aromatic N) is 1. The number of carbonyl (C=O) groups excluding carboxylic acids is 1. The van der Waals surface area contributed by atoms with E-state index in [-0.39, 0.29) is 16.6 Å². The Hall–Kier alpha value is -2.80. The second-order valence-corrected chi connectivity index (χ2v) is 8.58. The molecule has 1 aliphatic carbocycles. The van der Waals surface area contributed by atoms with Crippen molar-refractivity contribution in [1.29, 1.82) is 0 Å². The van der Waals surface area contributed by atoms with Crippen LogP contribution in [0.3, 0.4) is 0 Å². The molecule has 2 N–H and O–H groups in total.